The zero-order valence-corrected chi connectivity index (χ0v) is 17.7. The van der Waals surface area contributed by atoms with Gasteiger partial charge < -0.3 is 10.6 Å². The molecule has 0 aliphatic heterocycles. The van der Waals surface area contributed by atoms with E-state index in [0.29, 0.717) is 24.8 Å². The number of aryl methyl sites for hydroxylation is 1. The minimum Gasteiger partial charge on any atom is -0.368 e. The van der Waals surface area contributed by atoms with Gasteiger partial charge in [-0.15, -0.1) is 0 Å². The monoisotopic (exact) mass is 430 g/mol. The minimum absolute atomic E-state index is 0.0351. The van der Waals surface area contributed by atoms with Crippen LogP contribution < -0.4 is 10.6 Å². The fourth-order valence-electron chi connectivity index (χ4n) is 3.70. The summed E-state index contributed by atoms with van der Waals surface area (Å²) in [5, 5.41) is 11.6. The number of rotatable bonds is 7. The van der Waals surface area contributed by atoms with Gasteiger partial charge in [0.25, 0.3) is 5.91 Å². The van der Waals surface area contributed by atoms with Crippen LogP contribution in [0.4, 0.5) is 10.2 Å². The SMILES string of the molecule is Cc1nn(-c2ccccc2)c2nc(C3CC3)nc(NCCNC(=O)c3ccccc3F)c12. The van der Waals surface area contributed by atoms with Crippen LogP contribution in [0.5, 0.6) is 0 Å². The molecule has 2 N–H and O–H groups in total. The van der Waals surface area contributed by atoms with Crippen molar-refractivity contribution in [2.24, 2.45) is 0 Å². The summed E-state index contributed by atoms with van der Waals surface area (Å²) >= 11 is 0. The van der Waals surface area contributed by atoms with Crippen LogP contribution in [0, 0.1) is 12.7 Å². The van der Waals surface area contributed by atoms with Gasteiger partial charge in [-0.3, -0.25) is 4.79 Å². The number of para-hydroxylation sites is 1. The van der Waals surface area contributed by atoms with Crippen molar-refractivity contribution in [1.29, 1.82) is 0 Å². The summed E-state index contributed by atoms with van der Waals surface area (Å²) in [5.41, 5.74) is 2.56. The third-order valence-corrected chi connectivity index (χ3v) is 5.48. The highest BCUT2D eigenvalue weighted by Crippen LogP contribution is 2.40. The number of hydrogen-bond donors (Lipinski definition) is 2. The molecular formula is C24H23FN6O. The number of amides is 1. The average molecular weight is 430 g/mol. The number of nitrogens with one attached hydrogen (secondary N) is 2. The van der Waals surface area contributed by atoms with Crippen LogP contribution in [0.3, 0.4) is 0 Å². The molecule has 0 bridgehead atoms. The molecule has 0 saturated heterocycles. The number of halogens is 1. The molecule has 8 heteroatoms. The van der Waals surface area contributed by atoms with Gasteiger partial charge in [0.2, 0.25) is 0 Å². The van der Waals surface area contributed by atoms with Crippen LogP contribution in [0.1, 0.15) is 40.6 Å². The molecule has 4 aromatic rings. The average Bonchev–Trinajstić information content (AvgIpc) is 3.61. The van der Waals surface area contributed by atoms with Crippen molar-refractivity contribution >= 4 is 22.8 Å². The Bertz CT molecular complexity index is 1280. The second-order valence-electron chi connectivity index (χ2n) is 7.90. The summed E-state index contributed by atoms with van der Waals surface area (Å²) in [6.45, 7) is 2.70. The molecule has 1 aliphatic carbocycles. The lowest BCUT2D eigenvalue weighted by atomic mass is 10.2. The Morgan fingerprint density at radius 1 is 1.06 bits per heavy atom. The van der Waals surface area contributed by atoms with Gasteiger partial charge in [-0.05, 0) is 44.0 Å². The summed E-state index contributed by atoms with van der Waals surface area (Å²) in [7, 11) is 0. The molecule has 162 valence electrons. The number of fused-ring (bicyclic) bond motifs is 1. The number of aromatic nitrogens is 4. The number of nitrogens with zero attached hydrogens (tertiary/aromatic N) is 4. The highest BCUT2D eigenvalue weighted by molar-refractivity contribution is 5.94. The van der Waals surface area contributed by atoms with E-state index in [1.54, 1.807) is 12.1 Å². The predicted molar refractivity (Wildman–Crippen MR) is 121 cm³/mol. The van der Waals surface area contributed by atoms with Gasteiger partial charge in [-0.2, -0.15) is 5.10 Å². The van der Waals surface area contributed by atoms with E-state index in [9.17, 15) is 9.18 Å². The number of hydrogen-bond acceptors (Lipinski definition) is 5. The highest BCUT2D eigenvalue weighted by Gasteiger charge is 2.29. The fourth-order valence-corrected chi connectivity index (χ4v) is 3.70. The van der Waals surface area contributed by atoms with Gasteiger partial charge in [0, 0.05) is 19.0 Å². The largest absolute Gasteiger partial charge is 0.368 e. The lowest BCUT2D eigenvalue weighted by Gasteiger charge is -2.11. The molecule has 5 rings (SSSR count). The highest BCUT2D eigenvalue weighted by atomic mass is 19.1. The van der Waals surface area contributed by atoms with E-state index in [-0.39, 0.29) is 5.56 Å². The molecule has 2 aromatic carbocycles. The van der Waals surface area contributed by atoms with E-state index >= 15 is 0 Å². The summed E-state index contributed by atoms with van der Waals surface area (Å²) in [6, 6.07) is 15.8. The topological polar surface area (TPSA) is 84.7 Å². The van der Waals surface area contributed by atoms with Crippen molar-refractivity contribution in [3.8, 4) is 5.69 Å². The molecule has 1 aliphatic rings. The smallest absolute Gasteiger partial charge is 0.254 e. The molecule has 2 heterocycles. The molecule has 7 nitrogen and oxygen atoms in total. The molecule has 0 spiro atoms. The Hall–Kier alpha value is -3.81. The van der Waals surface area contributed by atoms with Gasteiger partial charge in [0.15, 0.2) is 5.65 Å². The number of anilines is 1. The molecule has 32 heavy (non-hydrogen) atoms. The second kappa shape index (κ2) is 8.37. The zero-order chi connectivity index (χ0) is 22.1. The number of benzene rings is 2. The van der Waals surface area contributed by atoms with E-state index in [1.165, 1.54) is 12.1 Å². The van der Waals surface area contributed by atoms with E-state index in [4.69, 9.17) is 15.1 Å². The normalized spacial score (nSPS) is 13.3. The van der Waals surface area contributed by atoms with Gasteiger partial charge >= 0.3 is 0 Å². The van der Waals surface area contributed by atoms with Crippen LogP contribution in [-0.2, 0) is 0 Å². The lowest BCUT2D eigenvalue weighted by Crippen LogP contribution is -2.29. The van der Waals surface area contributed by atoms with Crippen LogP contribution in [0.25, 0.3) is 16.7 Å². The van der Waals surface area contributed by atoms with Crippen LogP contribution in [0.15, 0.2) is 54.6 Å². The van der Waals surface area contributed by atoms with E-state index < -0.39 is 11.7 Å². The van der Waals surface area contributed by atoms with Crippen molar-refractivity contribution in [3.63, 3.8) is 0 Å². The van der Waals surface area contributed by atoms with Crippen molar-refractivity contribution in [2.75, 3.05) is 18.4 Å². The number of carbonyl (C=O) groups is 1. The first-order chi connectivity index (χ1) is 15.6. The lowest BCUT2D eigenvalue weighted by molar-refractivity contribution is 0.0951. The van der Waals surface area contributed by atoms with E-state index in [0.717, 1.165) is 41.1 Å². The molecule has 0 unspecified atom stereocenters. The first-order valence-electron chi connectivity index (χ1n) is 10.7. The van der Waals surface area contributed by atoms with Gasteiger partial charge in [-0.25, -0.2) is 19.0 Å². The standard InChI is InChI=1S/C24H23FN6O/c1-15-20-22(26-13-14-27-24(32)18-9-5-6-10-19(18)25)28-21(16-11-12-16)29-23(20)31(30-15)17-7-3-2-4-8-17/h2-10,16H,11-14H2,1H3,(H,27,32)(H,26,28,29). The summed E-state index contributed by atoms with van der Waals surface area (Å²) in [5.74, 6) is 0.919. The molecule has 0 atom stereocenters. The van der Waals surface area contributed by atoms with Crippen molar-refractivity contribution in [1.82, 2.24) is 25.1 Å². The molecular weight excluding hydrogens is 407 g/mol. The summed E-state index contributed by atoms with van der Waals surface area (Å²) in [4.78, 5) is 21.8. The first-order valence-corrected chi connectivity index (χ1v) is 10.7. The number of carbonyl (C=O) groups excluding carboxylic acids is 1. The predicted octanol–water partition coefficient (Wildman–Crippen LogP) is 3.98. The molecule has 1 amide bonds. The maximum atomic E-state index is 13.8. The van der Waals surface area contributed by atoms with Crippen molar-refractivity contribution in [2.45, 2.75) is 25.7 Å². The van der Waals surface area contributed by atoms with Gasteiger partial charge in [0.1, 0.15) is 17.5 Å². The third kappa shape index (κ3) is 3.91. The Balaban J connectivity index is 1.38. The Kier molecular flexibility index (Phi) is 5.26. The Labute approximate surface area is 184 Å². The third-order valence-electron chi connectivity index (χ3n) is 5.48. The van der Waals surface area contributed by atoms with Crippen molar-refractivity contribution < 1.29 is 9.18 Å². The van der Waals surface area contributed by atoms with Crippen LogP contribution in [-0.4, -0.2) is 38.7 Å². The van der Waals surface area contributed by atoms with Crippen LogP contribution >= 0.6 is 0 Å². The summed E-state index contributed by atoms with van der Waals surface area (Å²) in [6.07, 6.45) is 2.17. The minimum atomic E-state index is -0.534. The maximum absolute atomic E-state index is 13.8. The van der Waals surface area contributed by atoms with Crippen molar-refractivity contribution in [3.05, 3.63) is 77.5 Å². The van der Waals surface area contributed by atoms with E-state index in [1.807, 2.05) is 41.9 Å². The maximum Gasteiger partial charge on any atom is 0.254 e. The van der Waals surface area contributed by atoms with Gasteiger partial charge in [-0.1, -0.05) is 30.3 Å². The molecule has 0 radical (unpaired) electrons. The zero-order valence-electron chi connectivity index (χ0n) is 17.7. The quantitative estimate of drug-likeness (QED) is 0.433. The molecule has 2 aromatic heterocycles. The first kappa shape index (κ1) is 20.1. The second-order valence-corrected chi connectivity index (χ2v) is 7.90. The van der Waals surface area contributed by atoms with Crippen LogP contribution in [0.2, 0.25) is 0 Å². The molecule has 1 fully saturated rings. The Morgan fingerprint density at radius 3 is 2.56 bits per heavy atom. The van der Waals surface area contributed by atoms with Gasteiger partial charge in [0.05, 0.1) is 22.3 Å². The Morgan fingerprint density at radius 2 is 1.81 bits per heavy atom. The molecule has 1 saturated carbocycles. The van der Waals surface area contributed by atoms with E-state index in [2.05, 4.69) is 10.6 Å². The summed E-state index contributed by atoms with van der Waals surface area (Å²) < 4.78 is 15.6. The fraction of sp³-hybridized carbons (Fsp3) is 0.250.